The summed E-state index contributed by atoms with van der Waals surface area (Å²) in [6.45, 7) is 6.04. The van der Waals surface area contributed by atoms with Gasteiger partial charge in [0.2, 0.25) is 0 Å². The number of alkyl halides is 1. The van der Waals surface area contributed by atoms with E-state index in [0.29, 0.717) is 11.8 Å². The van der Waals surface area contributed by atoms with Crippen LogP contribution in [-0.4, -0.2) is 28.5 Å². The number of aromatic nitrogens is 3. The second kappa shape index (κ2) is 6.86. The molecule has 0 unspecified atom stereocenters. The van der Waals surface area contributed by atoms with Crippen molar-refractivity contribution in [3.8, 4) is 0 Å². The van der Waals surface area contributed by atoms with Crippen LogP contribution in [-0.2, 0) is 23.6 Å². The first-order chi connectivity index (χ1) is 7.69. The van der Waals surface area contributed by atoms with Crippen LogP contribution < -0.4 is 0 Å². The highest BCUT2D eigenvalue weighted by Gasteiger charge is 2.11. The SMILES string of the molecule is COCCCc1nnc(CCl)n1CC(C)C. The summed E-state index contributed by atoms with van der Waals surface area (Å²) >= 11 is 5.84. The molecule has 0 aliphatic heterocycles. The van der Waals surface area contributed by atoms with Crippen LogP contribution in [0.15, 0.2) is 0 Å². The van der Waals surface area contributed by atoms with Gasteiger partial charge in [-0.1, -0.05) is 13.8 Å². The lowest BCUT2D eigenvalue weighted by atomic mass is 10.2. The van der Waals surface area contributed by atoms with E-state index < -0.39 is 0 Å². The molecule has 0 aliphatic carbocycles. The summed E-state index contributed by atoms with van der Waals surface area (Å²) in [7, 11) is 1.71. The van der Waals surface area contributed by atoms with Crippen LogP contribution in [0.25, 0.3) is 0 Å². The first-order valence-corrected chi connectivity index (χ1v) is 6.18. The molecule has 0 radical (unpaired) electrons. The number of methoxy groups -OCH3 is 1. The number of rotatable bonds is 7. The molecule has 0 atom stereocenters. The number of aryl methyl sites for hydroxylation is 1. The second-order valence-corrected chi connectivity index (χ2v) is 4.53. The van der Waals surface area contributed by atoms with E-state index in [9.17, 15) is 0 Å². The lowest BCUT2D eigenvalue weighted by Crippen LogP contribution is -2.12. The van der Waals surface area contributed by atoms with Gasteiger partial charge < -0.3 is 9.30 Å². The maximum absolute atomic E-state index is 5.84. The van der Waals surface area contributed by atoms with Crippen molar-refractivity contribution in [3.05, 3.63) is 11.6 Å². The zero-order valence-corrected chi connectivity index (χ0v) is 11.0. The van der Waals surface area contributed by atoms with Crippen molar-refractivity contribution in [3.63, 3.8) is 0 Å². The third-order valence-corrected chi connectivity index (χ3v) is 2.56. The largest absolute Gasteiger partial charge is 0.385 e. The van der Waals surface area contributed by atoms with E-state index in [2.05, 4.69) is 28.6 Å². The fraction of sp³-hybridized carbons (Fsp3) is 0.818. The number of nitrogens with zero attached hydrogens (tertiary/aromatic N) is 3. The fourth-order valence-electron chi connectivity index (χ4n) is 1.61. The van der Waals surface area contributed by atoms with Gasteiger partial charge in [-0.2, -0.15) is 0 Å². The zero-order valence-electron chi connectivity index (χ0n) is 10.2. The van der Waals surface area contributed by atoms with Gasteiger partial charge in [-0.15, -0.1) is 21.8 Å². The summed E-state index contributed by atoms with van der Waals surface area (Å²) in [5.74, 6) is 2.87. The third-order valence-electron chi connectivity index (χ3n) is 2.32. The van der Waals surface area contributed by atoms with E-state index in [1.807, 2.05) is 0 Å². The van der Waals surface area contributed by atoms with Crippen LogP contribution in [0.3, 0.4) is 0 Å². The molecule has 0 saturated carbocycles. The number of halogens is 1. The van der Waals surface area contributed by atoms with Gasteiger partial charge in [0.15, 0.2) is 0 Å². The molecule has 5 heteroatoms. The van der Waals surface area contributed by atoms with Crippen LogP contribution in [0.1, 0.15) is 31.9 Å². The molecule has 0 amide bonds. The minimum Gasteiger partial charge on any atom is -0.385 e. The fourth-order valence-corrected chi connectivity index (χ4v) is 1.80. The van der Waals surface area contributed by atoms with Gasteiger partial charge in [0.25, 0.3) is 0 Å². The predicted octanol–water partition coefficient (Wildman–Crippen LogP) is 2.25. The Hall–Kier alpha value is -0.610. The maximum Gasteiger partial charge on any atom is 0.147 e. The van der Waals surface area contributed by atoms with E-state index in [0.717, 1.165) is 37.6 Å². The van der Waals surface area contributed by atoms with Crippen molar-refractivity contribution < 1.29 is 4.74 Å². The Bertz CT molecular complexity index is 312. The van der Waals surface area contributed by atoms with Crippen molar-refractivity contribution >= 4 is 11.6 Å². The molecule has 0 fully saturated rings. The lowest BCUT2D eigenvalue weighted by molar-refractivity contribution is 0.194. The number of hydrogen-bond acceptors (Lipinski definition) is 3. The third kappa shape index (κ3) is 3.76. The van der Waals surface area contributed by atoms with Crippen LogP contribution in [0.5, 0.6) is 0 Å². The molecule has 0 N–H and O–H groups in total. The van der Waals surface area contributed by atoms with E-state index in [1.54, 1.807) is 7.11 Å². The Morgan fingerprint density at radius 1 is 1.31 bits per heavy atom. The Morgan fingerprint density at radius 3 is 2.56 bits per heavy atom. The first kappa shape index (κ1) is 13.5. The van der Waals surface area contributed by atoms with E-state index >= 15 is 0 Å². The van der Waals surface area contributed by atoms with Gasteiger partial charge in [0.05, 0.1) is 5.88 Å². The van der Waals surface area contributed by atoms with Crippen molar-refractivity contribution in [2.75, 3.05) is 13.7 Å². The Balaban J connectivity index is 2.70. The second-order valence-electron chi connectivity index (χ2n) is 4.27. The van der Waals surface area contributed by atoms with Crippen LogP contribution in [0.4, 0.5) is 0 Å². The van der Waals surface area contributed by atoms with Gasteiger partial charge >= 0.3 is 0 Å². The minimum absolute atomic E-state index is 0.421. The molecule has 92 valence electrons. The zero-order chi connectivity index (χ0) is 12.0. The average Bonchev–Trinajstić information content (AvgIpc) is 2.61. The standard InChI is InChI=1S/C11H20ClN3O/c1-9(2)8-15-10(5-4-6-16-3)13-14-11(15)7-12/h9H,4-8H2,1-3H3. The summed E-state index contributed by atoms with van der Waals surface area (Å²) in [4.78, 5) is 0. The highest BCUT2D eigenvalue weighted by Crippen LogP contribution is 2.10. The summed E-state index contributed by atoms with van der Waals surface area (Å²) in [5, 5.41) is 8.29. The van der Waals surface area contributed by atoms with Gasteiger partial charge in [-0.3, -0.25) is 0 Å². The van der Waals surface area contributed by atoms with Gasteiger partial charge in [-0.25, -0.2) is 0 Å². The van der Waals surface area contributed by atoms with Crippen LogP contribution >= 0.6 is 11.6 Å². The first-order valence-electron chi connectivity index (χ1n) is 5.64. The van der Waals surface area contributed by atoms with Crippen LogP contribution in [0.2, 0.25) is 0 Å². The monoisotopic (exact) mass is 245 g/mol. The normalized spacial score (nSPS) is 11.3. The highest BCUT2D eigenvalue weighted by atomic mass is 35.5. The number of hydrogen-bond donors (Lipinski definition) is 0. The van der Waals surface area contributed by atoms with Gasteiger partial charge in [-0.05, 0) is 12.3 Å². The smallest absolute Gasteiger partial charge is 0.147 e. The summed E-state index contributed by atoms with van der Waals surface area (Å²) < 4.78 is 7.17. The summed E-state index contributed by atoms with van der Waals surface area (Å²) in [6.07, 6.45) is 1.86. The quantitative estimate of drug-likeness (QED) is 0.547. The van der Waals surface area contributed by atoms with Gasteiger partial charge in [0.1, 0.15) is 11.6 Å². The molecule has 1 heterocycles. The molecular weight excluding hydrogens is 226 g/mol. The predicted molar refractivity (Wildman–Crippen MR) is 64.6 cm³/mol. The minimum atomic E-state index is 0.421. The topological polar surface area (TPSA) is 39.9 Å². The highest BCUT2D eigenvalue weighted by molar-refractivity contribution is 6.16. The van der Waals surface area contributed by atoms with Crippen LogP contribution in [0, 0.1) is 5.92 Å². The molecule has 0 saturated heterocycles. The molecular formula is C11H20ClN3O. The van der Waals surface area contributed by atoms with E-state index in [-0.39, 0.29) is 0 Å². The Labute approximate surface area is 102 Å². The maximum atomic E-state index is 5.84. The van der Waals surface area contributed by atoms with Crippen molar-refractivity contribution in [2.24, 2.45) is 5.92 Å². The molecule has 1 aromatic heterocycles. The average molecular weight is 246 g/mol. The van der Waals surface area contributed by atoms with E-state index in [4.69, 9.17) is 16.3 Å². The Morgan fingerprint density at radius 2 is 2.00 bits per heavy atom. The molecule has 0 aliphatic rings. The number of ether oxygens (including phenoxy) is 1. The summed E-state index contributed by atoms with van der Waals surface area (Å²) in [6, 6.07) is 0. The lowest BCUT2D eigenvalue weighted by Gasteiger charge is -2.11. The van der Waals surface area contributed by atoms with Crippen molar-refractivity contribution in [1.29, 1.82) is 0 Å². The molecule has 0 spiro atoms. The molecule has 4 nitrogen and oxygen atoms in total. The molecule has 1 rings (SSSR count). The van der Waals surface area contributed by atoms with Gasteiger partial charge in [0, 0.05) is 26.7 Å². The van der Waals surface area contributed by atoms with Crippen molar-refractivity contribution in [2.45, 2.75) is 39.1 Å². The molecule has 16 heavy (non-hydrogen) atoms. The molecule has 1 aromatic rings. The molecule has 0 bridgehead atoms. The summed E-state index contributed by atoms with van der Waals surface area (Å²) in [5.41, 5.74) is 0. The molecule has 0 aromatic carbocycles. The van der Waals surface area contributed by atoms with E-state index in [1.165, 1.54) is 0 Å². The Kier molecular flexibility index (Phi) is 5.77. The van der Waals surface area contributed by atoms with Crippen molar-refractivity contribution in [1.82, 2.24) is 14.8 Å².